The van der Waals surface area contributed by atoms with Crippen molar-refractivity contribution in [3.63, 3.8) is 0 Å². The maximum Gasteiger partial charge on any atom is 0.253 e. The first-order valence-corrected chi connectivity index (χ1v) is 10.0. The molecule has 0 spiro atoms. The summed E-state index contributed by atoms with van der Waals surface area (Å²) < 4.78 is 5.36. The second kappa shape index (κ2) is 8.13. The van der Waals surface area contributed by atoms with Crippen molar-refractivity contribution in [2.45, 2.75) is 44.7 Å². The molecule has 2 aliphatic rings. The number of benzene rings is 2. The van der Waals surface area contributed by atoms with Gasteiger partial charge >= 0.3 is 0 Å². The van der Waals surface area contributed by atoms with E-state index in [1.165, 1.54) is 16.7 Å². The monoisotopic (exact) mass is 364 g/mol. The predicted molar refractivity (Wildman–Crippen MR) is 107 cm³/mol. The molecular weight excluding hydrogens is 336 g/mol. The van der Waals surface area contributed by atoms with E-state index in [2.05, 4.69) is 35.6 Å². The molecule has 142 valence electrons. The summed E-state index contributed by atoms with van der Waals surface area (Å²) in [4.78, 5) is 14.4. The molecule has 2 aromatic rings. The van der Waals surface area contributed by atoms with E-state index in [9.17, 15) is 4.79 Å². The van der Waals surface area contributed by atoms with Crippen LogP contribution in [0.15, 0.2) is 42.5 Å². The predicted octanol–water partition coefficient (Wildman–Crippen LogP) is 3.58. The van der Waals surface area contributed by atoms with Crippen LogP contribution in [0.2, 0.25) is 0 Å². The molecule has 1 fully saturated rings. The number of rotatable bonds is 5. The lowest BCUT2D eigenvalue weighted by Crippen LogP contribution is -2.34. The molecular formula is C23H28N2O2. The van der Waals surface area contributed by atoms with E-state index in [0.29, 0.717) is 6.04 Å². The van der Waals surface area contributed by atoms with E-state index in [0.717, 1.165) is 63.1 Å². The zero-order chi connectivity index (χ0) is 18.6. The van der Waals surface area contributed by atoms with Gasteiger partial charge in [-0.3, -0.25) is 4.79 Å². The minimum absolute atomic E-state index is 0.171. The zero-order valence-corrected chi connectivity index (χ0v) is 16.0. The molecule has 1 saturated heterocycles. The largest absolute Gasteiger partial charge is 0.497 e. The van der Waals surface area contributed by atoms with Crippen molar-refractivity contribution in [1.29, 1.82) is 0 Å². The third kappa shape index (κ3) is 4.16. The molecule has 0 unspecified atom stereocenters. The number of carbonyl (C=O) groups is 1. The Balaban J connectivity index is 1.33. The summed E-state index contributed by atoms with van der Waals surface area (Å²) in [7, 11) is 1.72. The van der Waals surface area contributed by atoms with Crippen LogP contribution in [0.3, 0.4) is 0 Å². The van der Waals surface area contributed by atoms with E-state index >= 15 is 0 Å². The Hall–Kier alpha value is -2.33. The van der Waals surface area contributed by atoms with Crippen LogP contribution in [0.5, 0.6) is 5.75 Å². The van der Waals surface area contributed by atoms with Gasteiger partial charge in [0, 0.05) is 31.2 Å². The Kier molecular flexibility index (Phi) is 5.44. The van der Waals surface area contributed by atoms with E-state index in [1.807, 2.05) is 17.0 Å². The number of nitrogens with one attached hydrogen (secondary N) is 1. The van der Waals surface area contributed by atoms with Crippen molar-refractivity contribution in [2.24, 2.45) is 0 Å². The Bertz CT molecular complexity index is 795. The number of ether oxygens (including phenoxy) is 1. The van der Waals surface area contributed by atoms with Crippen LogP contribution in [0.4, 0.5) is 0 Å². The molecule has 1 N–H and O–H groups in total. The lowest BCUT2D eigenvalue weighted by Gasteiger charge is -2.26. The normalized spacial score (nSPS) is 19.0. The summed E-state index contributed by atoms with van der Waals surface area (Å²) in [5, 5.41) is 3.68. The zero-order valence-electron chi connectivity index (χ0n) is 16.0. The number of methoxy groups -OCH3 is 1. The minimum atomic E-state index is 0.171. The van der Waals surface area contributed by atoms with Crippen molar-refractivity contribution in [3.05, 3.63) is 64.7 Å². The average molecular weight is 364 g/mol. The van der Waals surface area contributed by atoms with Crippen LogP contribution in [0.1, 0.15) is 46.3 Å². The minimum Gasteiger partial charge on any atom is -0.497 e. The van der Waals surface area contributed by atoms with Crippen molar-refractivity contribution in [2.75, 3.05) is 20.2 Å². The van der Waals surface area contributed by atoms with Gasteiger partial charge in [0.15, 0.2) is 0 Å². The highest BCUT2D eigenvalue weighted by atomic mass is 16.5. The Morgan fingerprint density at radius 3 is 2.63 bits per heavy atom. The molecule has 2 aromatic carbocycles. The van der Waals surface area contributed by atoms with Crippen LogP contribution in [0, 0.1) is 0 Å². The Morgan fingerprint density at radius 2 is 1.89 bits per heavy atom. The second-order valence-corrected chi connectivity index (χ2v) is 7.65. The summed E-state index contributed by atoms with van der Waals surface area (Å²) in [6.07, 6.45) is 5.57. The molecule has 1 aliphatic carbocycles. The Morgan fingerprint density at radius 1 is 1.11 bits per heavy atom. The molecule has 27 heavy (non-hydrogen) atoms. The van der Waals surface area contributed by atoms with Crippen molar-refractivity contribution in [3.8, 4) is 5.75 Å². The van der Waals surface area contributed by atoms with Gasteiger partial charge in [0.1, 0.15) is 5.75 Å². The van der Waals surface area contributed by atoms with Gasteiger partial charge < -0.3 is 15.0 Å². The molecule has 0 aromatic heterocycles. The molecule has 1 atom stereocenters. The van der Waals surface area contributed by atoms with E-state index < -0.39 is 0 Å². The number of amides is 1. The fourth-order valence-electron chi connectivity index (χ4n) is 4.16. The van der Waals surface area contributed by atoms with Crippen LogP contribution in [-0.4, -0.2) is 37.0 Å². The molecule has 1 amide bonds. The molecule has 0 bridgehead atoms. The van der Waals surface area contributed by atoms with Gasteiger partial charge in [-0.25, -0.2) is 0 Å². The fourth-order valence-corrected chi connectivity index (χ4v) is 4.16. The highest BCUT2D eigenvalue weighted by Gasteiger charge is 2.20. The molecule has 1 aliphatic heterocycles. The maximum absolute atomic E-state index is 12.4. The third-order valence-electron chi connectivity index (χ3n) is 5.83. The number of hydrogen-bond donors (Lipinski definition) is 1. The van der Waals surface area contributed by atoms with Gasteiger partial charge in [0.05, 0.1) is 7.11 Å². The highest BCUT2D eigenvalue weighted by molar-refractivity contribution is 5.94. The fraction of sp³-hybridized carbons (Fsp3) is 0.435. The quantitative estimate of drug-likeness (QED) is 0.882. The van der Waals surface area contributed by atoms with Crippen molar-refractivity contribution < 1.29 is 9.53 Å². The number of aryl methyl sites for hydroxylation is 1. The van der Waals surface area contributed by atoms with Gasteiger partial charge in [0.25, 0.3) is 5.91 Å². The van der Waals surface area contributed by atoms with Crippen LogP contribution >= 0.6 is 0 Å². The average Bonchev–Trinajstić information content (AvgIpc) is 3.26. The second-order valence-electron chi connectivity index (χ2n) is 7.65. The highest BCUT2D eigenvalue weighted by Crippen LogP contribution is 2.25. The SMILES string of the molecule is COc1ccc2c(c1)C[C@H](NCc1ccc(C(=O)N3CCCC3)cc1)CC2. The molecule has 1 heterocycles. The number of hydrogen-bond acceptors (Lipinski definition) is 3. The maximum atomic E-state index is 12.4. The van der Waals surface area contributed by atoms with Crippen LogP contribution in [0.25, 0.3) is 0 Å². The summed E-state index contributed by atoms with van der Waals surface area (Å²) in [5.41, 5.74) is 4.87. The molecule has 4 nitrogen and oxygen atoms in total. The van der Waals surface area contributed by atoms with Crippen LogP contribution in [-0.2, 0) is 19.4 Å². The first-order valence-electron chi connectivity index (χ1n) is 10.0. The smallest absolute Gasteiger partial charge is 0.253 e. The molecule has 0 radical (unpaired) electrons. The number of likely N-dealkylation sites (tertiary alicyclic amines) is 1. The lowest BCUT2D eigenvalue weighted by molar-refractivity contribution is 0.0793. The Labute approximate surface area is 161 Å². The molecule has 4 heteroatoms. The first-order chi connectivity index (χ1) is 13.2. The van der Waals surface area contributed by atoms with E-state index in [-0.39, 0.29) is 5.91 Å². The standard InChI is InChI=1S/C23H28N2O2/c1-27-22-11-9-18-8-10-21(14-20(18)15-22)24-16-17-4-6-19(7-5-17)23(26)25-12-2-3-13-25/h4-7,9,11,15,21,24H,2-3,8,10,12-14,16H2,1H3/t21-/m1/s1. The summed E-state index contributed by atoms with van der Waals surface area (Å²) >= 11 is 0. The van der Waals surface area contributed by atoms with E-state index in [1.54, 1.807) is 7.11 Å². The number of nitrogens with zero attached hydrogens (tertiary/aromatic N) is 1. The van der Waals surface area contributed by atoms with Crippen LogP contribution < -0.4 is 10.1 Å². The summed E-state index contributed by atoms with van der Waals surface area (Å²) in [6, 6.07) is 15.0. The van der Waals surface area contributed by atoms with Gasteiger partial charge in [-0.1, -0.05) is 18.2 Å². The van der Waals surface area contributed by atoms with Crippen molar-refractivity contribution in [1.82, 2.24) is 10.2 Å². The number of fused-ring (bicyclic) bond motifs is 1. The summed E-state index contributed by atoms with van der Waals surface area (Å²) in [5.74, 6) is 1.11. The number of carbonyl (C=O) groups excluding carboxylic acids is 1. The lowest BCUT2D eigenvalue weighted by atomic mass is 9.88. The first kappa shape index (κ1) is 18.1. The summed E-state index contributed by atoms with van der Waals surface area (Å²) in [6.45, 7) is 2.63. The van der Waals surface area contributed by atoms with E-state index in [4.69, 9.17) is 4.74 Å². The van der Waals surface area contributed by atoms with Crippen molar-refractivity contribution >= 4 is 5.91 Å². The molecule has 0 saturated carbocycles. The van der Waals surface area contributed by atoms with Gasteiger partial charge in [0.2, 0.25) is 0 Å². The van der Waals surface area contributed by atoms with Gasteiger partial charge in [-0.2, -0.15) is 0 Å². The van der Waals surface area contributed by atoms with Gasteiger partial charge in [-0.15, -0.1) is 0 Å². The molecule has 4 rings (SSSR count). The third-order valence-corrected chi connectivity index (χ3v) is 5.83. The van der Waals surface area contributed by atoms with Gasteiger partial charge in [-0.05, 0) is 73.1 Å². The topological polar surface area (TPSA) is 41.6 Å².